The van der Waals surface area contributed by atoms with Crippen LogP contribution in [0.3, 0.4) is 0 Å². The summed E-state index contributed by atoms with van der Waals surface area (Å²) in [4.78, 5) is 26.6. The summed E-state index contributed by atoms with van der Waals surface area (Å²) in [5.74, 6) is 2.90. The second-order valence-electron chi connectivity index (χ2n) is 9.67. The molecule has 6 rings (SSSR count). The number of carbonyl (C=O) groups excluding carboxylic acids is 2. The molecule has 1 heterocycles. The largest absolute Gasteiger partial charge is 0.349 e. The molecular weight excluding hydrogens is 336 g/mol. The number of nitrogens with one attached hydrogen (secondary N) is 1. The van der Waals surface area contributed by atoms with E-state index >= 15 is 0 Å². The molecule has 1 atom stereocenters. The highest BCUT2D eigenvalue weighted by molar-refractivity contribution is 5.97. The zero-order valence-corrected chi connectivity index (χ0v) is 16.2. The highest BCUT2D eigenvalue weighted by atomic mass is 16.2. The SMILES string of the molecule is C[C@H](NC(=O)c1ccc(N2CCCC2=O)cc1)C12CC3CC(CC(C3)C1)C2. The summed E-state index contributed by atoms with van der Waals surface area (Å²) in [6.45, 7) is 3.01. The molecule has 27 heavy (non-hydrogen) atoms. The van der Waals surface area contributed by atoms with Crippen molar-refractivity contribution in [1.82, 2.24) is 5.32 Å². The van der Waals surface area contributed by atoms with Crippen molar-refractivity contribution in [3.8, 4) is 0 Å². The lowest BCUT2D eigenvalue weighted by atomic mass is 9.48. The normalized spacial score (nSPS) is 35.5. The van der Waals surface area contributed by atoms with Crippen LogP contribution in [0.1, 0.15) is 68.6 Å². The number of carbonyl (C=O) groups is 2. The molecule has 2 amide bonds. The van der Waals surface area contributed by atoms with Gasteiger partial charge >= 0.3 is 0 Å². The smallest absolute Gasteiger partial charge is 0.251 e. The van der Waals surface area contributed by atoms with Crippen LogP contribution in [-0.2, 0) is 4.79 Å². The first-order chi connectivity index (χ1) is 13.0. The van der Waals surface area contributed by atoms with Gasteiger partial charge in [0.2, 0.25) is 5.91 Å². The minimum Gasteiger partial charge on any atom is -0.349 e. The van der Waals surface area contributed by atoms with Crippen LogP contribution in [0, 0.1) is 23.2 Å². The van der Waals surface area contributed by atoms with Gasteiger partial charge in [-0.25, -0.2) is 0 Å². The molecule has 1 saturated heterocycles. The lowest BCUT2D eigenvalue weighted by Gasteiger charge is -2.59. The van der Waals surface area contributed by atoms with Gasteiger partial charge in [-0.05, 0) is 99.3 Å². The topological polar surface area (TPSA) is 49.4 Å². The van der Waals surface area contributed by atoms with Crippen LogP contribution in [-0.4, -0.2) is 24.4 Å². The van der Waals surface area contributed by atoms with Crippen LogP contribution in [0.5, 0.6) is 0 Å². The van der Waals surface area contributed by atoms with Crippen LogP contribution in [0.25, 0.3) is 0 Å². The van der Waals surface area contributed by atoms with E-state index in [1.165, 1.54) is 38.5 Å². The summed E-state index contributed by atoms with van der Waals surface area (Å²) in [5.41, 5.74) is 1.93. The number of anilines is 1. The first-order valence-corrected chi connectivity index (χ1v) is 10.7. The Morgan fingerprint density at radius 2 is 1.67 bits per heavy atom. The van der Waals surface area contributed by atoms with E-state index in [-0.39, 0.29) is 17.9 Å². The molecule has 1 aromatic rings. The Balaban J connectivity index is 1.27. The van der Waals surface area contributed by atoms with Gasteiger partial charge in [-0.1, -0.05) is 0 Å². The second kappa shape index (κ2) is 6.35. The fourth-order valence-electron chi connectivity index (χ4n) is 6.85. The van der Waals surface area contributed by atoms with Crippen molar-refractivity contribution in [3.63, 3.8) is 0 Å². The Kier molecular flexibility index (Phi) is 4.06. The molecule has 0 unspecified atom stereocenters. The van der Waals surface area contributed by atoms with Crippen molar-refractivity contribution in [2.24, 2.45) is 23.2 Å². The zero-order chi connectivity index (χ0) is 18.6. The number of nitrogens with zero attached hydrogens (tertiary/aromatic N) is 1. The maximum atomic E-state index is 12.9. The third-order valence-corrected chi connectivity index (χ3v) is 7.87. The summed E-state index contributed by atoms with van der Waals surface area (Å²) in [6.07, 6.45) is 9.74. The molecule has 4 heteroatoms. The fourth-order valence-corrected chi connectivity index (χ4v) is 6.85. The zero-order valence-electron chi connectivity index (χ0n) is 16.2. The second-order valence-corrected chi connectivity index (χ2v) is 9.67. The molecule has 0 spiro atoms. The maximum Gasteiger partial charge on any atom is 0.251 e. The predicted molar refractivity (Wildman–Crippen MR) is 106 cm³/mol. The third-order valence-electron chi connectivity index (χ3n) is 7.87. The summed E-state index contributed by atoms with van der Waals surface area (Å²) in [7, 11) is 0. The average molecular weight is 367 g/mol. The molecule has 4 bridgehead atoms. The van der Waals surface area contributed by atoms with Crippen molar-refractivity contribution < 1.29 is 9.59 Å². The van der Waals surface area contributed by atoms with Crippen LogP contribution < -0.4 is 10.2 Å². The Morgan fingerprint density at radius 1 is 1.07 bits per heavy atom. The Bertz CT molecular complexity index is 719. The minimum absolute atomic E-state index is 0.0255. The molecule has 4 saturated carbocycles. The highest BCUT2D eigenvalue weighted by Crippen LogP contribution is 2.61. The number of benzene rings is 1. The van der Waals surface area contributed by atoms with Crippen LogP contribution in [0.2, 0.25) is 0 Å². The summed E-state index contributed by atoms with van der Waals surface area (Å²) in [5, 5.41) is 3.33. The number of amides is 2. The van der Waals surface area contributed by atoms with Crippen molar-refractivity contribution >= 4 is 17.5 Å². The highest BCUT2D eigenvalue weighted by Gasteiger charge is 2.53. The molecular formula is C23H30N2O2. The van der Waals surface area contributed by atoms with Gasteiger partial charge in [0, 0.05) is 30.3 Å². The van der Waals surface area contributed by atoms with Gasteiger partial charge < -0.3 is 10.2 Å². The van der Waals surface area contributed by atoms with Gasteiger partial charge in [0.1, 0.15) is 0 Å². The van der Waals surface area contributed by atoms with E-state index in [2.05, 4.69) is 12.2 Å². The fraction of sp³-hybridized carbons (Fsp3) is 0.652. The van der Waals surface area contributed by atoms with Crippen molar-refractivity contribution in [2.75, 3.05) is 11.4 Å². The lowest BCUT2D eigenvalue weighted by Crippen LogP contribution is -2.55. The summed E-state index contributed by atoms with van der Waals surface area (Å²) in [6, 6.07) is 7.78. The van der Waals surface area contributed by atoms with Gasteiger partial charge in [0.05, 0.1) is 0 Å². The molecule has 0 radical (unpaired) electrons. The maximum absolute atomic E-state index is 12.9. The van der Waals surface area contributed by atoms with Crippen molar-refractivity contribution in [3.05, 3.63) is 29.8 Å². The van der Waals surface area contributed by atoms with Gasteiger partial charge in [0.25, 0.3) is 5.91 Å². The molecule has 1 aromatic carbocycles. The van der Waals surface area contributed by atoms with Crippen LogP contribution >= 0.6 is 0 Å². The van der Waals surface area contributed by atoms with Gasteiger partial charge in [-0.3, -0.25) is 9.59 Å². The Labute approximate surface area is 161 Å². The molecule has 4 nitrogen and oxygen atoms in total. The summed E-state index contributed by atoms with van der Waals surface area (Å²) >= 11 is 0. The molecule has 1 N–H and O–H groups in total. The Hall–Kier alpha value is -1.84. The minimum atomic E-state index is 0.0255. The quantitative estimate of drug-likeness (QED) is 0.870. The van der Waals surface area contributed by atoms with E-state index in [0.717, 1.165) is 36.4 Å². The van der Waals surface area contributed by atoms with E-state index in [9.17, 15) is 9.59 Å². The van der Waals surface area contributed by atoms with Crippen LogP contribution in [0.15, 0.2) is 24.3 Å². The van der Waals surface area contributed by atoms with Gasteiger partial charge in [0.15, 0.2) is 0 Å². The van der Waals surface area contributed by atoms with E-state index in [4.69, 9.17) is 0 Å². The van der Waals surface area contributed by atoms with Gasteiger partial charge in [-0.15, -0.1) is 0 Å². The molecule has 144 valence electrons. The molecule has 0 aromatic heterocycles. The Morgan fingerprint density at radius 3 is 2.19 bits per heavy atom. The number of rotatable bonds is 4. The molecule has 5 aliphatic rings. The van der Waals surface area contributed by atoms with E-state index < -0.39 is 0 Å². The monoisotopic (exact) mass is 366 g/mol. The first-order valence-electron chi connectivity index (χ1n) is 10.7. The molecule has 1 aliphatic heterocycles. The summed E-state index contributed by atoms with van der Waals surface area (Å²) < 4.78 is 0. The molecule has 4 aliphatic carbocycles. The van der Waals surface area contributed by atoms with E-state index in [1.807, 2.05) is 29.2 Å². The van der Waals surface area contributed by atoms with Crippen molar-refractivity contribution in [1.29, 1.82) is 0 Å². The van der Waals surface area contributed by atoms with Gasteiger partial charge in [-0.2, -0.15) is 0 Å². The number of hydrogen-bond donors (Lipinski definition) is 1. The van der Waals surface area contributed by atoms with Crippen molar-refractivity contribution in [2.45, 2.75) is 64.3 Å². The lowest BCUT2D eigenvalue weighted by molar-refractivity contribution is -0.117. The average Bonchev–Trinajstić information content (AvgIpc) is 3.06. The predicted octanol–water partition coefficient (Wildman–Crippen LogP) is 4.15. The van der Waals surface area contributed by atoms with Crippen LogP contribution in [0.4, 0.5) is 5.69 Å². The third kappa shape index (κ3) is 2.97. The molecule has 5 fully saturated rings. The van der Waals surface area contributed by atoms with E-state index in [0.29, 0.717) is 17.4 Å². The first kappa shape index (κ1) is 17.3. The number of hydrogen-bond acceptors (Lipinski definition) is 2. The van der Waals surface area contributed by atoms with E-state index in [1.54, 1.807) is 0 Å². The standard InChI is InChI=1S/C23H30N2O2/c1-15(23-12-16-9-17(13-23)11-18(10-16)14-23)24-22(27)19-4-6-20(7-5-19)25-8-2-3-21(25)26/h4-7,15-18H,2-3,8-14H2,1H3,(H,24,27)/t15-,16?,17?,18?,23?/m0/s1.